The van der Waals surface area contributed by atoms with Gasteiger partial charge in [-0.05, 0) is 26.5 Å². The summed E-state index contributed by atoms with van der Waals surface area (Å²) in [4.78, 5) is 0. The maximum Gasteiger partial charge on any atom is 0.387 e. The van der Waals surface area contributed by atoms with Crippen LogP contribution in [0.2, 0.25) is 0 Å². The largest absolute Gasteiger partial charge is 0.434 e. The predicted octanol–water partition coefficient (Wildman–Crippen LogP) is 3.90. The molecule has 0 saturated carbocycles. The Kier molecular flexibility index (Phi) is 5.78. The highest BCUT2D eigenvalue weighted by atomic mass is 19.3. The van der Waals surface area contributed by atoms with Crippen LogP contribution in [-0.2, 0) is 0 Å². The summed E-state index contributed by atoms with van der Waals surface area (Å²) in [5, 5.41) is 3.24. The third-order valence-electron chi connectivity index (χ3n) is 2.39. The molecule has 0 aliphatic rings. The van der Waals surface area contributed by atoms with Crippen LogP contribution in [0, 0.1) is 0 Å². The van der Waals surface area contributed by atoms with Crippen molar-refractivity contribution in [2.24, 2.45) is 0 Å². The number of rotatable bonds is 6. The highest BCUT2D eigenvalue weighted by Crippen LogP contribution is 2.28. The molecule has 0 spiro atoms. The van der Waals surface area contributed by atoms with Gasteiger partial charge in [-0.2, -0.15) is 8.78 Å². The van der Waals surface area contributed by atoms with E-state index < -0.39 is 6.61 Å². The summed E-state index contributed by atoms with van der Waals surface area (Å²) in [7, 11) is 0. The summed E-state index contributed by atoms with van der Waals surface area (Å²) in [6, 6.07) is 6.74. The number of benzene rings is 1. The van der Waals surface area contributed by atoms with Gasteiger partial charge in [-0.1, -0.05) is 36.8 Å². The Balaban J connectivity index is 3.06. The van der Waals surface area contributed by atoms with E-state index in [1.54, 1.807) is 18.2 Å². The van der Waals surface area contributed by atoms with Crippen LogP contribution >= 0.6 is 0 Å². The predicted molar refractivity (Wildman–Crippen MR) is 68.9 cm³/mol. The van der Waals surface area contributed by atoms with Crippen molar-refractivity contribution in [1.29, 1.82) is 0 Å². The van der Waals surface area contributed by atoms with Gasteiger partial charge in [0.2, 0.25) is 0 Å². The second kappa shape index (κ2) is 7.11. The van der Waals surface area contributed by atoms with Crippen molar-refractivity contribution in [1.82, 2.24) is 5.32 Å². The molecule has 4 heteroatoms. The van der Waals surface area contributed by atoms with E-state index in [-0.39, 0.29) is 11.8 Å². The topological polar surface area (TPSA) is 21.3 Å². The van der Waals surface area contributed by atoms with Crippen LogP contribution in [0.15, 0.2) is 35.9 Å². The molecule has 0 saturated heterocycles. The Bertz CT molecular complexity index is 401. The normalized spacial score (nSPS) is 12.3. The molecule has 1 N–H and O–H groups in total. The molecular weight excluding hydrogens is 236 g/mol. The van der Waals surface area contributed by atoms with Crippen molar-refractivity contribution >= 4 is 0 Å². The van der Waals surface area contributed by atoms with Crippen molar-refractivity contribution in [2.75, 3.05) is 6.54 Å². The van der Waals surface area contributed by atoms with Gasteiger partial charge in [0.1, 0.15) is 5.75 Å². The molecule has 2 nitrogen and oxygen atoms in total. The monoisotopic (exact) mass is 255 g/mol. The number of hydrogen-bond acceptors (Lipinski definition) is 2. The van der Waals surface area contributed by atoms with Gasteiger partial charge >= 0.3 is 6.61 Å². The van der Waals surface area contributed by atoms with Crippen molar-refractivity contribution in [3.63, 3.8) is 0 Å². The van der Waals surface area contributed by atoms with Crippen molar-refractivity contribution < 1.29 is 13.5 Å². The Morgan fingerprint density at radius 2 is 2.00 bits per heavy atom. The van der Waals surface area contributed by atoms with Crippen LogP contribution < -0.4 is 10.1 Å². The smallest absolute Gasteiger partial charge is 0.387 e. The lowest BCUT2D eigenvalue weighted by Gasteiger charge is -2.18. The summed E-state index contributed by atoms with van der Waals surface area (Å²) < 4.78 is 29.3. The number of ether oxygens (including phenoxy) is 1. The first-order valence-corrected chi connectivity index (χ1v) is 5.96. The lowest BCUT2D eigenvalue weighted by Crippen LogP contribution is -2.20. The first kappa shape index (κ1) is 14.6. The number of para-hydroxylation sites is 1. The Hall–Kier alpha value is -1.42. The summed E-state index contributed by atoms with van der Waals surface area (Å²) in [6.07, 6.45) is 2.00. The highest BCUT2D eigenvalue weighted by Gasteiger charge is 2.15. The molecule has 1 atom stereocenters. The lowest BCUT2D eigenvalue weighted by atomic mass is 10.0. The molecule has 1 unspecified atom stereocenters. The van der Waals surface area contributed by atoms with E-state index in [9.17, 15) is 8.78 Å². The zero-order valence-corrected chi connectivity index (χ0v) is 10.9. The van der Waals surface area contributed by atoms with E-state index in [0.29, 0.717) is 0 Å². The van der Waals surface area contributed by atoms with Crippen molar-refractivity contribution in [3.8, 4) is 5.75 Å². The quantitative estimate of drug-likeness (QED) is 0.778. The number of alkyl halides is 2. The van der Waals surface area contributed by atoms with E-state index >= 15 is 0 Å². The Labute approximate surface area is 107 Å². The summed E-state index contributed by atoms with van der Waals surface area (Å²) in [6.45, 7) is 3.86. The van der Waals surface area contributed by atoms with Gasteiger partial charge < -0.3 is 10.1 Å². The second-order valence-electron chi connectivity index (χ2n) is 4.20. The van der Waals surface area contributed by atoms with Gasteiger partial charge in [-0.3, -0.25) is 0 Å². The zero-order valence-electron chi connectivity index (χ0n) is 10.9. The molecule has 0 bridgehead atoms. The van der Waals surface area contributed by atoms with E-state index in [1.807, 2.05) is 32.9 Å². The molecule has 0 heterocycles. The minimum Gasteiger partial charge on any atom is -0.434 e. The molecule has 0 aliphatic heterocycles. The fraction of sp³-hybridized carbons (Fsp3) is 0.429. The van der Waals surface area contributed by atoms with Gasteiger partial charge in [0.25, 0.3) is 0 Å². The van der Waals surface area contributed by atoms with Gasteiger partial charge in [-0.25, -0.2) is 0 Å². The van der Waals surface area contributed by atoms with Crippen LogP contribution in [0.3, 0.4) is 0 Å². The Morgan fingerprint density at radius 3 is 2.56 bits per heavy atom. The molecule has 0 aliphatic carbocycles. The van der Waals surface area contributed by atoms with Crippen molar-refractivity contribution in [3.05, 3.63) is 41.5 Å². The van der Waals surface area contributed by atoms with Crippen LogP contribution in [0.4, 0.5) is 8.78 Å². The lowest BCUT2D eigenvalue weighted by molar-refractivity contribution is -0.0506. The number of hydrogen-bond donors (Lipinski definition) is 1. The molecule has 0 fully saturated rings. The first-order valence-electron chi connectivity index (χ1n) is 5.96. The molecule has 0 radical (unpaired) electrons. The van der Waals surface area contributed by atoms with Crippen molar-refractivity contribution in [2.45, 2.75) is 33.4 Å². The molecule has 1 rings (SSSR count). The Morgan fingerprint density at radius 1 is 1.33 bits per heavy atom. The molecular formula is C14H19F2NO. The fourth-order valence-electron chi connectivity index (χ4n) is 1.75. The maximum absolute atomic E-state index is 12.4. The second-order valence-corrected chi connectivity index (χ2v) is 4.20. The van der Waals surface area contributed by atoms with Crippen LogP contribution in [-0.4, -0.2) is 13.2 Å². The van der Waals surface area contributed by atoms with E-state index in [1.165, 1.54) is 0 Å². The molecule has 100 valence electrons. The van der Waals surface area contributed by atoms with E-state index in [0.717, 1.165) is 17.7 Å². The van der Waals surface area contributed by atoms with Gasteiger partial charge in [0.05, 0.1) is 6.04 Å². The average molecular weight is 255 g/mol. The average Bonchev–Trinajstić information content (AvgIpc) is 2.28. The van der Waals surface area contributed by atoms with Gasteiger partial charge in [0, 0.05) is 5.56 Å². The summed E-state index contributed by atoms with van der Waals surface area (Å²) in [5.41, 5.74) is 1.84. The zero-order chi connectivity index (χ0) is 13.5. The molecule has 0 amide bonds. The third kappa shape index (κ3) is 4.45. The number of nitrogens with one attached hydrogen (secondary N) is 1. The summed E-state index contributed by atoms with van der Waals surface area (Å²) >= 11 is 0. The van der Waals surface area contributed by atoms with E-state index in [4.69, 9.17) is 0 Å². The van der Waals surface area contributed by atoms with Crippen LogP contribution in [0.1, 0.15) is 32.4 Å². The fourth-order valence-corrected chi connectivity index (χ4v) is 1.75. The van der Waals surface area contributed by atoms with E-state index in [2.05, 4.69) is 10.1 Å². The minimum absolute atomic E-state index is 0.116. The number of likely N-dealkylation sites (N-methyl/N-ethyl adjacent to an activating group) is 1. The third-order valence-corrected chi connectivity index (χ3v) is 2.39. The van der Waals surface area contributed by atoms with Crippen LogP contribution in [0.5, 0.6) is 5.75 Å². The highest BCUT2D eigenvalue weighted by molar-refractivity contribution is 5.38. The SMILES string of the molecule is CCNC(C=C(C)C)c1ccccc1OC(F)F. The molecule has 0 aromatic heterocycles. The summed E-state index contributed by atoms with van der Waals surface area (Å²) in [5.74, 6) is 0.218. The number of halogens is 2. The number of allylic oxidation sites excluding steroid dienone is 1. The molecule has 18 heavy (non-hydrogen) atoms. The van der Waals surface area contributed by atoms with Gasteiger partial charge in [-0.15, -0.1) is 0 Å². The standard InChI is InChI=1S/C14H19F2NO/c1-4-17-12(9-10(2)3)11-7-5-6-8-13(11)18-14(15)16/h5-9,12,14,17H,4H2,1-3H3. The first-order chi connectivity index (χ1) is 8.54. The van der Waals surface area contributed by atoms with Gasteiger partial charge in [0.15, 0.2) is 0 Å². The van der Waals surface area contributed by atoms with Crippen LogP contribution in [0.25, 0.3) is 0 Å². The molecule has 1 aromatic carbocycles. The maximum atomic E-state index is 12.4. The molecule has 1 aromatic rings. The minimum atomic E-state index is -2.81.